The first-order chi connectivity index (χ1) is 24.0. The maximum atomic E-state index is 14.2. The molecule has 290 valence electrons. The fourth-order valence-corrected chi connectivity index (χ4v) is 7.59. The summed E-state index contributed by atoms with van der Waals surface area (Å²) in [5, 5.41) is 6.07. The predicted molar refractivity (Wildman–Crippen MR) is 203 cm³/mol. The number of ether oxygens (including phenoxy) is 2. The quantitative estimate of drug-likeness (QED) is 0.174. The monoisotopic (exact) mass is 717 g/mol. The highest BCUT2D eigenvalue weighted by Gasteiger charge is 2.43. The Labute approximate surface area is 307 Å². The summed E-state index contributed by atoms with van der Waals surface area (Å²) < 4.78 is 11.9. The molecule has 51 heavy (non-hydrogen) atoms. The van der Waals surface area contributed by atoms with Crippen molar-refractivity contribution in [1.82, 2.24) is 25.3 Å². The maximum absolute atomic E-state index is 14.2. The Hall–Kier alpha value is -3.22. The van der Waals surface area contributed by atoms with E-state index < -0.39 is 30.2 Å². The highest BCUT2D eigenvalue weighted by atomic mass is 16.5. The number of nitrogens with two attached hydrogens (primary N) is 1. The normalized spacial score (nSPS) is 19.0. The van der Waals surface area contributed by atoms with Gasteiger partial charge in [-0.05, 0) is 68.8 Å². The second-order valence-electron chi connectivity index (χ2n) is 15.3. The molecule has 1 aromatic carbocycles. The molecule has 0 aliphatic carbocycles. The minimum atomic E-state index is -0.743. The van der Waals surface area contributed by atoms with Crippen LogP contribution in [0.15, 0.2) is 24.3 Å². The number of carbonyl (C=O) groups excluding carboxylic acids is 4. The Balaban J connectivity index is 2.21. The SMILES string of the molecule is CCC(C)C([C@@H](CC(=O)N1CCC[C@H]1C(OC)C(C)C(=O)NCCc1ccc(N)cc1)OC)N(C)C(=O)[C@@H](NC(=O)C(C(C)C)N(C)C)C(C)C. The molecule has 12 nitrogen and oxygen atoms in total. The van der Waals surface area contributed by atoms with E-state index in [9.17, 15) is 19.2 Å². The van der Waals surface area contributed by atoms with Crippen LogP contribution >= 0.6 is 0 Å². The van der Waals surface area contributed by atoms with Gasteiger partial charge >= 0.3 is 0 Å². The van der Waals surface area contributed by atoms with E-state index in [-0.39, 0.29) is 59.9 Å². The number of carbonyl (C=O) groups is 4. The van der Waals surface area contributed by atoms with Crippen LogP contribution < -0.4 is 16.4 Å². The molecular formula is C39H68N6O6. The standard InChI is InChI=1S/C39H68N6O6/c1-13-26(6)35(44(10)39(49)33(24(2)3)42-38(48)34(25(4)5)43(8)9)31(50-11)23-32(46)45-22-14-15-30(45)36(51-12)27(7)37(47)41-21-20-28-16-18-29(40)19-17-28/h16-19,24-27,30-31,33-36H,13-15,20-23,40H2,1-12H3,(H,41,47)(H,42,48)/t26?,27?,30-,31+,33-,34?,35?,36?/m0/s1. The van der Waals surface area contributed by atoms with Crippen LogP contribution in [0.2, 0.25) is 0 Å². The fourth-order valence-electron chi connectivity index (χ4n) is 7.59. The molecule has 1 saturated heterocycles. The lowest BCUT2D eigenvalue weighted by atomic mass is 9.89. The molecule has 12 heteroatoms. The van der Waals surface area contributed by atoms with E-state index in [0.717, 1.165) is 24.8 Å². The molecule has 4 N–H and O–H groups in total. The van der Waals surface area contributed by atoms with Crippen LogP contribution in [0.25, 0.3) is 0 Å². The number of likely N-dealkylation sites (tertiary alicyclic amines) is 1. The molecule has 5 unspecified atom stereocenters. The largest absolute Gasteiger partial charge is 0.399 e. The lowest BCUT2D eigenvalue weighted by molar-refractivity contribution is -0.148. The maximum Gasteiger partial charge on any atom is 0.245 e. The van der Waals surface area contributed by atoms with Crippen LogP contribution in [0.1, 0.15) is 79.7 Å². The number of anilines is 1. The number of hydrogen-bond acceptors (Lipinski definition) is 8. The molecule has 0 bridgehead atoms. The predicted octanol–water partition coefficient (Wildman–Crippen LogP) is 3.57. The van der Waals surface area contributed by atoms with Crippen molar-refractivity contribution in [3.63, 3.8) is 0 Å². The topological polar surface area (TPSA) is 147 Å². The van der Waals surface area contributed by atoms with Crippen LogP contribution in [-0.2, 0) is 35.1 Å². The average Bonchev–Trinajstić information content (AvgIpc) is 3.56. The van der Waals surface area contributed by atoms with Crippen molar-refractivity contribution in [1.29, 1.82) is 0 Å². The van der Waals surface area contributed by atoms with Crippen molar-refractivity contribution < 1.29 is 28.7 Å². The molecule has 0 spiro atoms. The van der Waals surface area contributed by atoms with Gasteiger partial charge in [-0.25, -0.2) is 0 Å². The fraction of sp³-hybridized carbons (Fsp3) is 0.744. The smallest absolute Gasteiger partial charge is 0.245 e. The van der Waals surface area contributed by atoms with Gasteiger partial charge in [0.05, 0.1) is 42.7 Å². The number of amides is 4. The minimum absolute atomic E-state index is 0.00320. The van der Waals surface area contributed by atoms with E-state index in [1.807, 2.05) is 82.8 Å². The van der Waals surface area contributed by atoms with Gasteiger partial charge in [-0.2, -0.15) is 0 Å². The van der Waals surface area contributed by atoms with Crippen LogP contribution in [0, 0.1) is 23.7 Å². The molecule has 0 aromatic heterocycles. The third kappa shape index (κ3) is 11.9. The Bertz CT molecular complexity index is 1250. The van der Waals surface area contributed by atoms with Crippen molar-refractivity contribution in [2.45, 2.75) is 117 Å². The van der Waals surface area contributed by atoms with Crippen molar-refractivity contribution in [3.05, 3.63) is 29.8 Å². The van der Waals surface area contributed by atoms with E-state index >= 15 is 0 Å². The molecule has 2 rings (SSSR count). The molecular weight excluding hydrogens is 648 g/mol. The van der Waals surface area contributed by atoms with Crippen LogP contribution in [-0.4, -0.2) is 123 Å². The molecule has 8 atom stereocenters. The van der Waals surface area contributed by atoms with Crippen molar-refractivity contribution in [2.75, 3.05) is 54.2 Å². The van der Waals surface area contributed by atoms with Gasteiger partial charge in [0.2, 0.25) is 23.6 Å². The Morgan fingerprint density at radius 1 is 0.941 bits per heavy atom. The van der Waals surface area contributed by atoms with Gasteiger partial charge in [-0.3, -0.25) is 24.1 Å². The highest BCUT2D eigenvalue weighted by molar-refractivity contribution is 5.90. The van der Waals surface area contributed by atoms with Crippen molar-refractivity contribution >= 4 is 29.3 Å². The van der Waals surface area contributed by atoms with Crippen LogP contribution in [0.3, 0.4) is 0 Å². The molecule has 1 aliphatic rings. The number of benzene rings is 1. The van der Waals surface area contributed by atoms with Gasteiger partial charge in [-0.15, -0.1) is 0 Å². The molecule has 1 fully saturated rings. The second kappa shape index (κ2) is 20.7. The number of rotatable bonds is 20. The number of nitrogens with zero attached hydrogens (tertiary/aromatic N) is 3. The first-order valence-corrected chi connectivity index (χ1v) is 18.7. The number of likely N-dealkylation sites (N-methyl/N-ethyl adjacent to an activating group) is 2. The molecule has 0 radical (unpaired) electrons. The van der Waals surface area contributed by atoms with Gasteiger partial charge in [0.25, 0.3) is 0 Å². The zero-order valence-corrected chi connectivity index (χ0v) is 33.4. The first kappa shape index (κ1) is 43.9. The summed E-state index contributed by atoms with van der Waals surface area (Å²) in [6.45, 7) is 14.8. The van der Waals surface area contributed by atoms with E-state index in [4.69, 9.17) is 15.2 Å². The van der Waals surface area contributed by atoms with Crippen LogP contribution in [0.5, 0.6) is 0 Å². The van der Waals surface area contributed by atoms with E-state index in [1.165, 1.54) is 0 Å². The van der Waals surface area contributed by atoms with Gasteiger partial charge in [-0.1, -0.05) is 67.0 Å². The summed E-state index contributed by atoms with van der Waals surface area (Å²) in [7, 11) is 8.64. The van der Waals surface area contributed by atoms with Crippen LogP contribution in [0.4, 0.5) is 5.69 Å². The number of hydrogen-bond donors (Lipinski definition) is 3. The summed E-state index contributed by atoms with van der Waals surface area (Å²) in [5.41, 5.74) is 7.57. The van der Waals surface area contributed by atoms with Crippen molar-refractivity contribution in [2.24, 2.45) is 23.7 Å². The van der Waals surface area contributed by atoms with Crippen molar-refractivity contribution in [3.8, 4) is 0 Å². The average molecular weight is 717 g/mol. The summed E-state index contributed by atoms with van der Waals surface area (Å²) in [6.07, 6.45) is 1.93. The molecule has 1 aliphatic heterocycles. The summed E-state index contributed by atoms with van der Waals surface area (Å²) >= 11 is 0. The van der Waals surface area contributed by atoms with Gasteiger partial charge in [0.15, 0.2) is 0 Å². The Kier molecular flexibility index (Phi) is 17.9. The zero-order valence-electron chi connectivity index (χ0n) is 33.4. The zero-order chi connectivity index (χ0) is 38.6. The molecule has 1 heterocycles. The number of nitrogens with one attached hydrogen (secondary N) is 2. The van der Waals surface area contributed by atoms with Gasteiger partial charge in [0, 0.05) is 40.0 Å². The summed E-state index contributed by atoms with van der Waals surface area (Å²) in [6, 6.07) is 5.77. The first-order valence-electron chi connectivity index (χ1n) is 18.7. The lowest BCUT2D eigenvalue weighted by Crippen LogP contribution is -2.59. The highest BCUT2D eigenvalue weighted by Crippen LogP contribution is 2.29. The summed E-state index contributed by atoms with van der Waals surface area (Å²) in [5.74, 6) is -1.21. The minimum Gasteiger partial charge on any atom is -0.399 e. The molecule has 0 saturated carbocycles. The molecule has 1 aromatic rings. The Morgan fingerprint density at radius 3 is 2.08 bits per heavy atom. The van der Waals surface area contributed by atoms with E-state index in [0.29, 0.717) is 25.2 Å². The Morgan fingerprint density at radius 2 is 1.57 bits per heavy atom. The number of nitrogen functional groups attached to an aromatic ring is 1. The van der Waals surface area contributed by atoms with Gasteiger partial charge in [0.1, 0.15) is 6.04 Å². The van der Waals surface area contributed by atoms with E-state index in [2.05, 4.69) is 24.5 Å². The third-order valence-corrected chi connectivity index (χ3v) is 10.6. The molecule has 4 amide bonds. The summed E-state index contributed by atoms with van der Waals surface area (Å²) in [4.78, 5) is 60.3. The van der Waals surface area contributed by atoms with E-state index in [1.54, 1.807) is 26.2 Å². The third-order valence-electron chi connectivity index (χ3n) is 10.6. The lowest BCUT2D eigenvalue weighted by Gasteiger charge is -2.41. The van der Waals surface area contributed by atoms with Gasteiger partial charge < -0.3 is 35.6 Å². The number of methoxy groups -OCH3 is 2. The second-order valence-corrected chi connectivity index (χ2v) is 15.3.